The van der Waals surface area contributed by atoms with E-state index in [1.165, 1.54) is 18.4 Å². The number of likely N-dealkylation sites (tertiary alicyclic amines) is 1. The van der Waals surface area contributed by atoms with Crippen molar-refractivity contribution in [2.24, 2.45) is 5.92 Å². The summed E-state index contributed by atoms with van der Waals surface area (Å²) in [6.45, 7) is 9.01. The van der Waals surface area contributed by atoms with E-state index >= 15 is 0 Å². The lowest BCUT2D eigenvalue weighted by Gasteiger charge is -2.35. The first-order valence-corrected chi connectivity index (χ1v) is 10.4. The molecule has 152 valence electrons. The van der Waals surface area contributed by atoms with Gasteiger partial charge >= 0.3 is 0 Å². The molecule has 1 saturated heterocycles. The van der Waals surface area contributed by atoms with E-state index in [4.69, 9.17) is 0 Å². The maximum atomic E-state index is 13.8. The van der Waals surface area contributed by atoms with Gasteiger partial charge in [-0.3, -0.25) is 0 Å². The maximum absolute atomic E-state index is 13.8. The largest absolute Gasteiger partial charge is 0.507 e. The van der Waals surface area contributed by atoms with Crippen LogP contribution in [0.4, 0.5) is 4.39 Å². The van der Waals surface area contributed by atoms with Gasteiger partial charge in [-0.1, -0.05) is 30.3 Å². The molecule has 1 unspecified atom stereocenters. The van der Waals surface area contributed by atoms with Gasteiger partial charge in [0, 0.05) is 26.2 Å². The van der Waals surface area contributed by atoms with Gasteiger partial charge in [0.1, 0.15) is 11.6 Å². The van der Waals surface area contributed by atoms with Crippen molar-refractivity contribution in [2.75, 3.05) is 33.2 Å². The number of benzene rings is 2. The molecule has 0 bridgehead atoms. The summed E-state index contributed by atoms with van der Waals surface area (Å²) in [5.41, 5.74) is 3.96. The normalized spacial score (nSPS) is 18.0. The van der Waals surface area contributed by atoms with Gasteiger partial charge in [-0.2, -0.15) is 0 Å². The number of halogens is 1. The first kappa shape index (κ1) is 20.8. The molecule has 1 aliphatic heterocycles. The summed E-state index contributed by atoms with van der Waals surface area (Å²) in [4.78, 5) is 4.87. The molecule has 0 amide bonds. The summed E-state index contributed by atoms with van der Waals surface area (Å²) in [7, 11) is 2.18. The second-order valence-corrected chi connectivity index (χ2v) is 8.43. The zero-order valence-electron chi connectivity index (χ0n) is 17.4. The Morgan fingerprint density at radius 2 is 1.89 bits per heavy atom. The van der Waals surface area contributed by atoms with Gasteiger partial charge in [-0.05, 0) is 80.9 Å². The molecule has 2 aromatic rings. The van der Waals surface area contributed by atoms with Crippen molar-refractivity contribution in [1.82, 2.24) is 9.80 Å². The van der Waals surface area contributed by atoms with Crippen LogP contribution in [0.25, 0.3) is 0 Å². The third kappa shape index (κ3) is 5.55. The third-order valence-electron chi connectivity index (χ3n) is 5.83. The predicted molar refractivity (Wildman–Crippen MR) is 113 cm³/mol. The molecule has 1 atom stereocenters. The molecule has 28 heavy (non-hydrogen) atoms. The van der Waals surface area contributed by atoms with Gasteiger partial charge in [0.15, 0.2) is 0 Å². The minimum Gasteiger partial charge on any atom is -0.507 e. The van der Waals surface area contributed by atoms with Gasteiger partial charge in [0.05, 0.1) is 0 Å². The van der Waals surface area contributed by atoms with Crippen LogP contribution in [-0.4, -0.2) is 48.1 Å². The van der Waals surface area contributed by atoms with Crippen molar-refractivity contribution in [2.45, 2.75) is 39.7 Å². The first-order valence-electron chi connectivity index (χ1n) is 10.4. The number of piperidine rings is 1. The molecule has 1 N–H and O–H groups in total. The van der Waals surface area contributed by atoms with Gasteiger partial charge in [0.2, 0.25) is 0 Å². The smallest absolute Gasteiger partial charge is 0.126 e. The molecule has 4 heteroatoms. The van der Waals surface area contributed by atoms with Crippen LogP contribution in [0.1, 0.15) is 35.1 Å². The summed E-state index contributed by atoms with van der Waals surface area (Å²) in [6.07, 6.45) is 3.25. The van der Waals surface area contributed by atoms with Gasteiger partial charge in [-0.15, -0.1) is 0 Å². The SMILES string of the molecule is Cc1cc(CN(C)CC2CCCN(CCc3ccccc3F)C2)cc(C)c1O. The highest BCUT2D eigenvalue weighted by molar-refractivity contribution is 5.42. The van der Waals surface area contributed by atoms with E-state index < -0.39 is 0 Å². The molecule has 0 saturated carbocycles. The third-order valence-corrected chi connectivity index (χ3v) is 5.83. The van der Waals surface area contributed by atoms with Crippen molar-refractivity contribution in [1.29, 1.82) is 0 Å². The van der Waals surface area contributed by atoms with Crippen molar-refractivity contribution in [3.63, 3.8) is 0 Å². The molecule has 3 nitrogen and oxygen atoms in total. The highest BCUT2D eigenvalue weighted by atomic mass is 19.1. The molecule has 1 heterocycles. The molecule has 0 aliphatic carbocycles. The predicted octanol–water partition coefficient (Wildman–Crippen LogP) is 4.53. The topological polar surface area (TPSA) is 26.7 Å². The lowest BCUT2D eigenvalue weighted by Crippen LogP contribution is -2.40. The number of nitrogens with zero attached hydrogens (tertiary/aromatic N) is 2. The summed E-state index contributed by atoms with van der Waals surface area (Å²) >= 11 is 0. The molecule has 0 spiro atoms. The molecular formula is C24H33FN2O. The number of hydrogen-bond donors (Lipinski definition) is 1. The maximum Gasteiger partial charge on any atom is 0.126 e. The van der Waals surface area contributed by atoms with E-state index in [0.717, 1.165) is 55.8 Å². The van der Waals surface area contributed by atoms with Crippen molar-refractivity contribution in [3.05, 3.63) is 64.5 Å². The minimum atomic E-state index is -0.0877. The Morgan fingerprint density at radius 3 is 2.61 bits per heavy atom. The van der Waals surface area contributed by atoms with Gasteiger partial charge < -0.3 is 14.9 Å². The quantitative estimate of drug-likeness (QED) is 0.759. The van der Waals surface area contributed by atoms with Crippen LogP contribution < -0.4 is 0 Å². The number of phenols is 1. The average Bonchev–Trinajstić information content (AvgIpc) is 2.65. The fraction of sp³-hybridized carbons (Fsp3) is 0.500. The molecule has 1 fully saturated rings. The van der Waals surface area contributed by atoms with E-state index in [2.05, 4.69) is 29.0 Å². The average molecular weight is 385 g/mol. The minimum absolute atomic E-state index is 0.0877. The summed E-state index contributed by atoms with van der Waals surface area (Å²) in [6, 6.07) is 11.3. The van der Waals surface area contributed by atoms with Crippen molar-refractivity contribution in [3.8, 4) is 5.75 Å². The van der Waals surface area contributed by atoms with Crippen LogP contribution >= 0.6 is 0 Å². The van der Waals surface area contributed by atoms with Crippen LogP contribution in [-0.2, 0) is 13.0 Å². The summed E-state index contributed by atoms with van der Waals surface area (Å²) in [5.74, 6) is 0.970. The zero-order chi connectivity index (χ0) is 20.1. The summed E-state index contributed by atoms with van der Waals surface area (Å²) in [5, 5.41) is 9.96. The Bertz CT molecular complexity index is 769. The molecule has 3 rings (SSSR count). The number of hydrogen-bond acceptors (Lipinski definition) is 3. The highest BCUT2D eigenvalue weighted by Crippen LogP contribution is 2.24. The van der Waals surface area contributed by atoms with E-state index in [9.17, 15) is 9.50 Å². The fourth-order valence-corrected chi connectivity index (χ4v) is 4.44. The zero-order valence-corrected chi connectivity index (χ0v) is 17.4. The van der Waals surface area contributed by atoms with E-state index in [1.54, 1.807) is 12.1 Å². The monoisotopic (exact) mass is 384 g/mol. The fourth-order valence-electron chi connectivity index (χ4n) is 4.44. The molecule has 2 aromatic carbocycles. The van der Waals surface area contributed by atoms with Crippen LogP contribution in [0.3, 0.4) is 0 Å². The molecular weight excluding hydrogens is 351 g/mol. The standard InChI is InChI=1S/C24H33FN2O/c1-18-13-21(14-19(2)24(18)28)16-26(3)15-20-7-6-11-27(17-20)12-10-22-8-4-5-9-23(22)25/h4-5,8-9,13-14,20,28H,6-7,10-12,15-17H2,1-3H3. The highest BCUT2D eigenvalue weighted by Gasteiger charge is 2.21. The van der Waals surface area contributed by atoms with Crippen LogP contribution in [0.2, 0.25) is 0 Å². The number of aryl methyl sites for hydroxylation is 2. The van der Waals surface area contributed by atoms with Gasteiger partial charge in [-0.25, -0.2) is 4.39 Å². The van der Waals surface area contributed by atoms with Crippen molar-refractivity contribution >= 4 is 0 Å². The van der Waals surface area contributed by atoms with E-state index in [1.807, 2.05) is 26.0 Å². The Balaban J connectivity index is 1.49. The van der Waals surface area contributed by atoms with E-state index in [-0.39, 0.29) is 5.82 Å². The first-order chi connectivity index (χ1) is 13.4. The van der Waals surface area contributed by atoms with Crippen molar-refractivity contribution < 1.29 is 9.50 Å². The summed E-state index contributed by atoms with van der Waals surface area (Å²) < 4.78 is 13.8. The Morgan fingerprint density at radius 1 is 1.18 bits per heavy atom. The number of aromatic hydroxyl groups is 1. The van der Waals surface area contributed by atoms with Crippen LogP contribution in [0, 0.1) is 25.6 Å². The Kier molecular flexibility index (Phi) is 7.08. The lowest BCUT2D eigenvalue weighted by atomic mass is 9.96. The molecule has 0 aromatic heterocycles. The Labute approximate surface area is 168 Å². The molecule has 0 radical (unpaired) electrons. The number of rotatable bonds is 7. The van der Waals surface area contributed by atoms with E-state index in [0.29, 0.717) is 11.7 Å². The Hall–Kier alpha value is -1.91. The second kappa shape index (κ2) is 9.53. The van der Waals surface area contributed by atoms with Crippen LogP contribution in [0.5, 0.6) is 5.75 Å². The number of phenolic OH excluding ortho intramolecular Hbond substituents is 1. The van der Waals surface area contributed by atoms with Gasteiger partial charge in [0.25, 0.3) is 0 Å². The van der Waals surface area contributed by atoms with Crippen LogP contribution in [0.15, 0.2) is 36.4 Å². The second-order valence-electron chi connectivity index (χ2n) is 8.43. The molecule has 1 aliphatic rings. The lowest BCUT2D eigenvalue weighted by molar-refractivity contribution is 0.142.